The topological polar surface area (TPSA) is 69.3 Å². The predicted molar refractivity (Wildman–Crippen MR) is 109 cm³/mol. The number of carbonyl (C=O) groups excluding carboxylic acids is 1. The van der Waals surface area contributed by atoms with Crippen molar-refractivity contribution in [3.8, 4) is 0 Å². The van der Waals surface area contributed by atoms with E-state index in [1.165, 1.54) is 11.3 Å². The minimum absolute atomic E-state index is 0.00657. The van der Waals surface area contributed by atoms with E-state index in [9.17, 15) is 4.79 Å². The van der Waals surface area contributed by atoms with Crippen LogP contribution in [0.2, 0.25) is 0 Å². The summed E-state index contributed by atoms with van der Waals surface area (Å²) in [6, 6.07) is 11.9. The van der Waals surface area contributed by atoms with Crippen LogP contribution in [0, 0.1) is 0 Å². The molecule has 3 N–H and O–H groups in total. The fourth-order valence-corrected chi connectivity index (χ4v) is 4.95. The molecule has 3 heterocycles. The first kappa shape index (κ1) is 17.4. The smallest absolute Gasteiger partial charge is 0.261 e. The summed E-state index contributed by atoms with van der Waals surface area (Å²) in [4.78, 5) is 21.0. The van der Waals surface area contributed by atoms with E-state index in [1.54, 1.807) is 11.3 Å². The van der Waals surface area contributed by atoms with Crippen molar-refractivity contribution in [3.05, 3.63) is 41.3 Å². The van der Waals surface area contributed by atoms with E-state index in [4.69, 9.17) is 0 Å². The first-order valence-corrected chi connectivity index (χ1v) is 10.3. The maximum atomic E-state index is 12.4. The van der Waals surface area contributed by atoms with Gasteiger partial charge in [-0.1, -0.05) is 29.5 Å². The van der Waals surface area contributed by atoms with Crippen molar-refractivity contribution >= 4 is 48.9 Å². The maximum Gasteiger partial charge on any atom is 0.261 e. The van der Waals surface area contributed by atoms with Crippen LogP contribution in [0.15, 0.2) is 36.4 Å². The number of piperazine rings is 1. The second-order valence-electron chi connectivity index (χ2n) is 6.14. The van der Waals surface area contributed by atoms with Crippen LogP contribution in [0.1, 0.15) is 9.67 Å². The number of hydrogen-bond acceptors (Lipinski definition) is 7. The fraction of sp³-hybridized carbons (Fsp3) is 0.333. The second-order valence-corrected chi connectivity index (χ2v) is 8.20. The number of carbonyl (C=O) groups is 1. The molecule has 3 aromatic rings. The van der Waals surface area contributed by atoms with Gasteiger partial charge in [-0.05, 0) is 18.2 Å². The Morgan fingerprint density at radius 2 is 2.00 bits per heavy atom. The lowest BCUT2D eigenvalue weighted by Gasteiger charge is -2.26. The molecular weight excluding hydrogens is 366 g/mol. The molecule has 0 saturated carbocycles. The Kier molecular flexibility index (Phi) is 5.45. The van der Waals surface area contributed by atoms with Gasteiger partial charge in [-0.2, -0.15) is 0 Å². The van der Waals surface area contributed by atoms with Gasteiger partial charge >= 0.3 is 0 Å². The number of para-hydroxylation sites is 1. The molecule has 0 bridgehead atoms. The van der Waals surface area contributed by atoms with Gasteiger partial charge in [0.25, 0.3) is 5.91 Å². The summed E-state index contributed by atoms with van der Waals surface area (Å²) in [5.41, 5.74) is 1.01. The maximum absolute atomic E-state index is 12.4. The number of thiazole rings is 1. The highest BCUT2D eigenvalue weighted by molar-refractivity contribution is 7.29. The van der Waals surface area contributed by atoms with Gasteiger partial charge in [0, 0.05) is 45.0 Å². The number of rotatable bonds is 6. The molecular formula is C18H21N5OS2. The molecule has 1 fully saturated rings. The van der Waals surface area contributed by atoms with Gasteiger partial charge in [-0.25, -0.2) is 4.98 Å². The molecule has 4 rings (SSSR count). The normalized spacial score (nSPS) is 15.2. The lowest BCUT2D eigenvalue weighted by molar-refractivity contribution is 0.0951. The zero-order valence-corrected chi connectivity index (χ0v) is 16.0. The minimum Gasteiger partial charge on any atom is -0.350 e. The summed E-state index contributed by atoms with van der Waals surface area (Å²) in [6.45, 7) is 5.73. The van der Waals surface area contributed by atoms with E-state index in [-0.39, 0.29) is 5.91 Å². The van der Waals surface area contributed by atoms with Crippen LogP contribution >= 0.6 is 22.7 Å². The van der Waals surface area contributed by atoms with Gasteiger partial charge < -0.3 is 16.0 Å². The Balaban J connectivity index is 1.33. The summed E-state index contributed by atoms with van der Waals surface area (Å²) in [7, 11) is 0. The SMILES string of the molecule is O=C(NCCN1CCNCC1)c1cc2sc(Nc3ccccc3)nc2s1. The third-order valence-corrected chi connectivity index (χ3v) is 6.34. The number of nitrogens with zero attached hydrogens (tertiary/aromatic N) is 2. The molecule has 0 spiro atoms. The number of aromatic nitrogens is 1. The summed E-state index contributed by atoms with van der Waals surface area (Å²) >= 11 is 3.02. The van der Waals surface area contributed by atoms with Crippen molar-refractivity contribution in [2.45, 2.75) is 0 Å². The second kappa shape index (κ2) is 8.13. The molecule has 1 amide bonds. The highest BCUT2D eigenvalue weighted by atomic mass is 32.1. The van der Waals surface area contributed by atoms with E-state index in [1.807, 2.05) is 36.4 Å². The first-order valence-electron chi connectivity index (χ1n) is 8.72. The highest BCUT2D eigenvalue weighted by Crippen LogP contribution is 2.34. The molecule has 2 aromatic heterocycles. The zero-order chi connectivity index (χ0) is 17.8. The number of fused-ring (bicyclic) bond motifs is 1. The van der Waals surface area contributed by atoms with Gasteiger partial charge in [-0.15, -0.1) is 11.3 Å². The number of benzene rings is 1. The predicted octanol–water partition coefficient (Wildman–Crippen LogP) is 2.74. The van der Waals surface area contributed by atoms with Crippen LogP contribution in [0.5, 0.6) is 0 Å². The molecule has 0 atom stereocenters. The zero-order valence-electron chi connectivity index (χ0n) is 14.3. The van der Waals surface area contributed by atoms with E-state index in [2.05, 4.69) is 25.8 Å². The molecule has 6 nitrogen and oxygen atoms in total. The van der Waals surface area contributed by atoms with Crippen molar-refractivity contribution < 1.29 is 4.79 Å². The molecule has 26 heavy (non-hydrogen) atoms. The Hall–Kier alpha value is -2.00. The molecule has 0 radical (unpaired) electrons. The van der Waals surface area contributed by atoms with Gasteiger partial charge in [-0.3, -0.25) is 9.69 Å². The Labute approximate surface area is 160 Å². The quantitative estimate of drug-likeness (QED) is 0.607. The Bertz CT molecular complexity index is 839. The van der Waals surface area contributed by atoms with Crippen molar-refractivity contribution in [2.24, 2.45) is 0 Å². The number of hydrogen-bond donors (Lipinski definition) is 3. The average Bonchev–Trinajstić information content (AvgIpc) is 3.22. The molecule has 1 saturated heterocycles. The fourth-order valence-electron chi connectivity index (χ4n) is 2.89. The standard InChI is InChI=1S/C18H21N5OS2/c24-16(20-8-11-23-9-6-19-7-10-23)14-12-15-17(25-14)22-18(26-15)21-13-4-2-1-3-5-13/h1-5,12,19H,6-11H2,(H,20,24)(H,21,22). The third-order valence-electron chi connectivity index (χ3n) is 4.26. The van der Waals surface area contributed by atoms with E-state index < -0.39 is 0 Å². The van der Waals surface area contributed by atoms with Gasteiger partial charge in [0.2, 0.25) is 0 Å². The molecule has 8 heteroatoms. The largest absolute Gasteiger partial charge is 0.350 e. The molecule has 0 aliphatic carbocycles. The van der Waals surface area contributed by atoms with Crippen molar-refractivity contribution in [3.63, 3.8) is 0 Å². The molecule has 1 aliphatic rings. The Morgan fingerprint density at radius 3 is 2.77 bits per heavy atom. The first-order chi connectivity index (χ1) is 12.8. The molecule has 1 aliphatic heterocycles. The summed E-state index contributed by atoms with van der Waals surface area (Å²) in [6.07, 6.45) is 0. The minimum atomic E-state index is -0.00657. The van der Waals surface area contributed by atoms with Crippen molar-refractivity contribution in [2.75, 3.05) is 44.6 Å². The van der Waals surface area contributed by atoms with Crippen LogP contribution < -0.4 is 16.0 Å². The van der Waals surface area contributed by atoms with Crippen LogP contribution in [0.3, 0.4) is 0 Å². The lowest BCUT2D eigenvalue weighted by Crippen LogP contribution is -2.46. The Morgan fingerprint density at radius 1 is 1.19 bits per heavy atom. The van der Waals surface area contributed by atoms with E-state index in [0.29, 0.717) is 6.54 Å². The van der Waals surface area contributed by atoms with Crippen LogP contribution in [0.25, 0.3) is 9.53 Å². The molecule has 0 unspecified atom stereocenters. The average molecular weight is 388 g/mol. The van der Waals surface area contributed by atoms with Crippen LogP contribution in [0.4, 0.5) is 10.8 Å². The number of thiophene rings is 1. The van der Waals surface area contributed by atoms with Gasteiger partial charge in [0.05, 0.1) is 9.58 Å². The molecule has 1 aromatic carbocycles. The number of amides is 1. The third kappa shape index (κ3) is 4.21. The summed E-state index contributed by atoms with van der Waals surface area (Å²) in [5.74, 6) is -0.00657. The number of anilines is 2. The van der Waals surface area contributed by atoms with Crippen LogP contribution in [-0.2, 0) is 0 Å². The van der Waals surface area contributed by atoms with Crippen molar-refractivity contribution in [1.29, 1.82) is 0 Å². The van der Waals surface area contributed by atoms with E-state index >= 15 is 0 Å². The van der Waals surface area contributed by atoms with Crippen LogP contribution in [-0.4, -0.2) is 55.1 Å². The van der Waals surface area contributed by atoms with Gasteiger partial charge in [0.1, 0.15) is 4.83 Å². The summed E-state index contributed by atoms with van der Waals surface area (Å²) < 4.78 is 1.04. The monoisotopic (exact) mass is 387 g/mol. The molecule has 136 valence electrons. The van der Waals surface area contributed by atoms with Gasteiger partial charge in [0.15, 0.2) is 5.13 Å². The van der Waals surface area contributed by atoms with Crippen molar-refractivity contribution in [1.82, 2.24) is 20.5 Å². The highest BCUT2D eigenvalue weighted by Gasteiger charge is 2.15. The number of nitrogens with one attached hydrogen (secondary N) is 3. The lowest BCUT2D eigenvalue weighted by atomic mass is 10.3. The van der Waals surface area contributed by atoms with E-state index in [0.717, 1.165) is 58.0 Å². The summed E-state index contributed by atoms with van der Waals surface area (Å²) in [5, 5.41) is 10.5.